The van der Waals surface area contributed by atoms with Crippen LogP contribution in [0.3, 0.4) is 0 Å². The lowest BCUT2D eigenvalue weighted by Gasteiger charge is -2.13. The predicted octanol–water partition coefficient (Wildman–Crippen LogP) is 12.0. The third kappa shape index (κ3) is 5.15. The highest BCUT2D eigenvalue weighted by Crippen LogP contribution is 2.40. The summed E-state index contributed by atoms with van der Waals surface area (Å²) in [5, 5.41) is 3.34. The predicted molar refractivity (Wildman–Crippen MR) is 211 cm³/mol. The Labute approximate surface area is 300 Å². The highest BCUT2D eigenvalue weighted by Gasteiger charge is 2.19. The molecule has 0 amide bonds. The van der Waals surface area contributed by atoms with Crippen molar-refractivity contribution in [2.75, 3.05) is 0 Å². The fourth-order valence-electron chi connectivity index (χ4n) is 7.29. The van der Waals surface area contributed by atoms with Gasteiger partial charge in [-0.15, -0.1) is 0 Å². The SMILES string of the molecule is c1ccc(-c2cc3ccc4c(c5ccccc5n4-c4cccc(-c5cc(-c6ccc(-c7ccncc7)cc6)cc(-c6ccncc6)n5)c4)c3o2)cc1. The number of para-hydroxylation sites is 1. The van der Waals surface area contributed by atoms with Crippen molar-refractivity contribution in [2.45, 2.75) is 0 Å². The van der Waals surface area contributed by atoms with E-state index in [1.54, 1.807) is 0 Å². The van der Waals surface area contributed by atoms with Crippen LogP contribution >= 0.6 is 0 Å². The van der Waals surface area contributed by atoms with Crippen LogP contribution in [-0.4, -0.2) is 19.5 Å². The van der Waals surface area contributed by atoms with Crippen molar-refractivity contribution >= 4 is 32.8 Å². The quantitative estimate of drug-likeness (QED) is 0.177. The molecule has 5 heterocycles. The van der Waals surface area contributed by atoms with Gasteiger partial charge in [0.1, 0.15) is 11.3 Å². The molecule has 0 spiro atoms. The monoisotopic (exact) mass is 666 g/mol. The minimum atomic E-state index is 0.866. The van der Waals surface area contributed by atoms with Gasteiger partial charge in [-0.1, -0.05) is 84.9 Å². The van der Waals surface area contributed by atoms with E-state index < -0.39 is 0 Å². The van der Waals surface area contributed by atoms with Gasteiger partial charge in [0, 0.05) is 57.9 Å². The van der Waals surface area contributed by atoms with Gasteiger partial charge < -0.3 is 8.98 Å². The molecule has 0 aliphatic rings. The lowest BCUT2D eigenvalue weighted by atomic mass is 9.98. The topological polar surface area (TPSA) is 56.7 Å². The van der Waals surface area contributed by atoms with Crippen LogP contribution in [0.15, 0.2) is 187 Å². The van der Waals surface area contributed by atoms with E-state index in [0.717, 1.165) is 94.6 Å². The molecule has 0 atom stereocenters. The first-order valence-corrected chi connectivity index (χ1v) is 17.3. The van der Waals surface area contributed by atoms with E-state index in [4.69, 9.17) is 9.40 Å². The third-order valence-corrected chi connectivity index (χ3v) is 9.81. The summed E-state index contributed by atoms with van der Waals surface area (Å²) in [5.74, 6) is 0.866. The molecule has 0 bridgehead atoms. The zero-order chi connectivity index (χ0) is 34.4. The van der Waals surface area contributed by atoms with Crippen molar-refractivity contribution in [2.24, 2.45) is 0 Å². The Balaban J connectivity index is 1.12. The number of benzene rings is 5. The van der Waals surface area contributed by atoms with Crippen molar-refractivity contribution in [1.29, 1.82) is 0 Å². The lowest BCUT2D eigenvalue weighted by Crippen LogP contribution is -1.96. The van der Waals surface area contributed by atoms with Crippen LogP contribution in [-0.2, 0) is 0 Å². The Morgan fingerprint density at radius 3 is 1.83 bits per heavy atom. The molecule has 5 heteroatoms. The van der Waals surface area contributed by atoms with Gasteiger partial charge in [-0.05, 0) is 95.1 Å². The van der Waals surface area contributed by atoms with Gasteiger partial charge in [0.25, 0.3) is 0 Å². The Morgan fingerprint density at radius 2 is 1.06 bits per heavy atom. The maximum absolute atomic E-state index is 6.63. The van der Waals surface area contributed by atoms with Gasteiger partial charge in [-0.3, -0.25) is 9.97 Å². The molecule has 0 saturated carbocycles. The molecule has 10 rings (SSSR count). The second-order valence-electron chi connectivity index (χ2n) is 12.9. The molecule has 5 nitrogen and oxygen atoms in total. The lowest BCUT2D eigenvalue weighted by molar-refractivity contribution is 0.635. The zero-order valence-electron chi connectivity index (χ0n) is 28.0. The Bertz CT molecular complexity index is 2880. The second-order valence-corrected chi connectivity index (χ2v) is 12.9. The van der Waals surface area contributed by atoms with Crippen LogP contribution in [0.1, 0.15) is 0 Å². The molecule has 0 N–H and O–H groups in total. The summed E-state index contributed by atoms with van der Waals surface area (Å²) in [6.45, 7) is 0. The van der Waals surface area contributed by atoms with Crippen LogP contribution in [0, 0.1) is 0 Å². The van der Waals surface area contributed by atoms with Crippen molar-refractivity contribution < 1.29 is 4.42 Å². The van der Waals surface area contributed by atoms with Gasteiger partial charge in [-0.2, -0.15) is 0 Å². The molecule has 244 valence electrons. The van der Waals surface area contributed by atoms with Crippen LogP contribution in [0.2, 0.25) is 0 Å². The molecule has 52 heavy (non-hydrogen) atoms. The molecule has 0 radical (unpaired) electrons. The van der Waals surface area contributed by atoms with Crippen LogP contribution in [0.5, 0.6) is 0 Å². The number of pyridine rings is 3. The number of fused-ring (bicyclic) bond motifs is 5. The number of hydrogen-bond acceptors (Lipinski definition) is 4. The van der Waals surface area contributed by atoms with Crippen LogP contribution < -0.4 is 0 Å². The summed E-state index contributed by atoms with van der Waals surface area (Å²) in [6.07, 6.45) is 7.28. The van der Waals surface area contributed by atoms with Crippen molar-refractivity contribution in [3.05, 3.63) is 183 Å². The molecule has 0 aliphatic heterocycles. The molecule has 10 aromatic rings. The second kappa shape index (κ2) is 12.3. The minimum absolute atomic E-state index is 0.866. The molecular formula is C47H30N4O. The third-order valence-electron chi connectivity index (χ3n) is 9.81. The standard InChI is InChI=1S/C47H30N4O/c1-2-7-35(8-3-1)45-30-37-17-18-44-46(47(37)52-45)40-11-4-5-12-43(40)51(44)39-10-6-9-36(27-39)42-29-38(28-41(50-42)34-21-25-49-26-22-34)32-15-13-31(14-16-32)33-19-23-48-24-20-33/h1-30H. The molecule has 5 aromatic carbocycles. The number of aromatic nitrogens is 4. The van der Waals surface area contributed by atoms with Gasteiger partial charge >= 0.3 is 0 Å². The molecule has 0 saturated heterocycles. The summed E-state index contributed by atoms with van der Waals surface area (Å²) in [5.41, 5.74) is 13.6. The average molecular weight is 667 g/mol. The van der Waals surface area contributed by atoms with Crippen molar-refractivity contribution in [1.82, 2.24) is 19.5 Å². The molecule has 0 fully saturated rings. The van der Waals surface area contributed by atoms with E-state index in [9.17, 15) is 0 Å². The van der Waals surface area contributed by atoms with Crippen LogP contribution in [0.25, 0.3) is 94.6 Å². The first kappa shape index (κ1) is 29.8. The number of furan rings is 1. The highest BCUT2D eigenvalue weighted by atomic mass is 16.3. The normalized spacial score (nSPS) is 11.5. The summed E-state index contributed by atoms with van der Waals surface area (Å²) in [7, 11) is 0. The van der Waals surface area contributed by atoms with Gasteiger partial charge in [-0.25, -0.2) is 4.98 Å². The summed E-state index contributed by atoms with van der Waals surface area (Å²) in [6, 6.07) is 55.2. The highest BCUT2D eigenvalue weighted by molar-refractivity contribution is 6.20. The van der Waals surface area contributed by atoms with Crippen molar-refractivity contribution in [3.8, 4) is 61.8 Å². The first-order valence-electron chi connectivity index (χ1n) is 17.3. The molecule has 0 unspecified atom stereocenters. The van der Waals surface area contributed by atoms with E-state index in [1.807, 2.05) is 67.3 Å². The fraction of sp³-hybridized carbons (Fsp3) is 0. The van der Waals surface area contributed by atoms with Gasteiger partial charge in [0.2, 0.25) is 0 Å². The number of nitrogens with zero attached hydrogens (tertiary/aromatic N) is 4. The molecule has 0 aliphatic carbocycles. The Morgan fingerprint density at radius 1 is 0.423 bits per heavy atom. The van der Waals surface area contributed by atoms with E-state index in [2.05, 4.69) is 130 Å². The maximum atomic E-state index is 6.63. The Kier molecular flexibility index (Phi) is 7.07. The summed E-state index contributed by atoms with van der Waals surface area (Å²) < 4.78 is 8.97. The molecule has 5 aromatic heterocycles. The van der Waals surface area contributed by atoms with Gasteiger partial charge in [0.15, 0.2) is 0 Å². The van der Waals surface area contributed by atoms with E-state index >= 15 is 0 Å². The number of rotatable bonds is 6. The van der Waals surface area contributed by atoms with E-state index in [-0.39, 0.29) is 0 Å². The molecular weight excluding hydrogens is 637 g/mol. The van der Waals surface area contributed by atoms with E-state index in [0.29, 0.717) is 0 Å². The zero-order valence-corrected chi connectivity index (χ0v) is 28.0. The fourth-order valence-corrected chi connectivity index (χ4v) is 7.29. The minimum Gasteiger partial charge on any atom is -0.455 e. The maximum Gasteiger partial charge on any atom is 0.144 e. The van der Waals surface area contributed by atoms with Crippen LogP contribution in [0.4, 0.5) is 0 Å². The summed E-state index contributed by atoms with van der Waals surface area (Å²) in [4.78, 5) is 13.7. The average Bonchev–Trinajstić information content (AvgIpc) is 3.82. The Hall–Kier alpha value is -7.11. The van der Waals surface area contributed by atoms with Crippen molar-refractivity contribution in [3.63, 3.8) is 0 Å². The van der Waals surface area contributed by atoms with E-state index in [1.165, 1.54) is 0 Å². The van der Waals surface area contributed by atoms with Gasteiger partial charge in [0.05, 0.1) is 27.8 Å². The number of hydrogen-bond donors (Lipinski definition) is 0. The summed E-state index contributed by atoms with van der Waals surface area (Å²) >= 11 is 0. The smallest absolute Gasteiger partial charge is 0.144 e. The largest absolute Gasteiger partial charge is 0.455 e. The first-order chi connectivity index (χ1) is 25.8.